The van der Waals surface area contributed by atoms with Crippen LogP contribution in [0, 0.1) is 0 Å². The van der Waals surface area contributed by atoms with E-state index in [1.54, 1.807) is 0 Å². The van der Waals surface area contributed by atoms with Crippen LogP contribution < -0.4 is 10.6 Å². The van der Waals surface area contributed by atoms with Gasteiger partial charge in [0.25, 0.3) is 0 Å². The zero-order valence-electron chi connectivity index (χ0n) is 14.1. The number of nitrogens with one attached hydrogen (secondary N) is 2. The molecule has 1 heterocycles. The highest BCUT2D eigenvalue weighted by Crippen LogP contribution is 2.06. The number of carbonyl (C=O) groups excluding carboxylic acids is 2. The minimum atomic E-state index is -0.485. The van der Waals surface area contributed by atoms with Gasteiger partial charge in [0, 0.05) is 19.6 Å². The molecule has 1 aliphatic rings. The summed E-state index contributed by atoms with van der Waals surface area (Å²) in [5, 5.41) is 5.87. The standard InChI is InChI=1S/C15H29N3O4/c1-12(13(19)18-8-10-21-11-9-18)16-6-5-7-17-14(20)22-15(2,3)4/h12,16H,5-11H2,1-4H3,(H,17,20). The van der Waals surface area contributed by atoms with Gasteiger partial charge in [0.15, 0.2) is 0 Å². The Morgan fingerprint density at radius 3 is 2.45 bits per heavy atom. The molecule has 0 aromatic rings. The summed E-state index contributed by atoms with van der Waals surface area (Å²) in [5.41, 5.74) is -0.485. The van der Waals surface area contributed by atoms with Crippen molar-refractivity contribution in [3.63, 3.8) is 0 Å². The molecule has 0 spiro atoms. The summed E-state index contributed by atoms with van der Waals surface area (Å²) >= 11 is 0. The molecule has 1 rings (SSSR count). The van der Waals surface area contributed by atoms with Crippen LogP contribution in [0.15, 0.2) is 0 Å². The predicted octanol–water partition coefficient (Wildman–Crippen LogP) is 0.738. The molecular weight excluding hydrogens is 286 g/mol. The first-order chi connectivity index (χ1) is 10.3. The number of amides is 2. The molecule has 0 aliphatic carbocycles. The van der Waals surface area contributed by atoms with Crippen LogP contribution in [0.5, 0.6) is 0 Å². The molecule has 0 aromatic heterocycles. The minimum Gasteiger partial charge on any atom is -0.444 e. The van der Waals surface area contributed by atoms with Gasteiger partial charge in [-0.15, -0.1) is 0 Å². The summed E-state index contributed by atoms with van der Waals surface area (Å²) in [5.74, 6) is 0.100. The zero-order chi connectivity index (χ0) is 16.6. The van der Waals surface area contributed by atoms with Crippen molar-refractivity contribution in [2.75, 3.05) is 39.4 Å². The molecule has 0 bridgehead atoms. The van der Waals surface area contributed by atoms with Crippen LogP contribution in [-0.2, 0) is 14.3 Å². The summed E-state index contributed by atoms with van der Waals surface area (Å²) in [7, 11) is 0. The Morgan fingerprint density at radius 1 is 1.23 bits per heavy atom. The van der Waals surface area contributed by atoms with E-state index in [0.29, 0.717) is 39.4 Å². The summed E-state index contributed by atoms with van der Waals surface area (Å²) in [6.07, 6.45) is 0.324. The molecular formula is C15H29N3O4. The van der Waals surface area contributed by atoms with Gasteiger partial charge in [-0.05, 0) is 40.7 Å². The number of rotatable bonds is 6. The van der Waals surface area contributed by atoms with Gasteiger partial charge in [0.2, 0.25) is 5.91 Å². The lowest BCUT2D eigenvalue weighted by Gasteiger charge is -2.29. The summed E-state index contributed by atoms with van der Waals surface area (Å²) < 4.78 is 10.4. The maximum Gasteiger partial charge on any atom is 0.407 e. The SMILES string of the molecule is CC(NCCCNC(=O)OC(C)(C)C)C(=O)N1CCOCC1. The van der Waals surface area contributed by atoms with Gasteiger partial charge in [-0.1, -0.05) is 0 Å². The van der Waals surface area contributed by atoms with Gasteiger partial charge in [0.1, 0.15) is 5.60 Å². The van der Waals surface area contributed by atoms with Gasteiger partial charge in [-0.25, -0.2) is 4.79 Å². The maximum absolute atomic E-state index is 12.1. The molecule has 1 atom stereocenters. The summed E-state index contributed by atoms with van der Waals surface area (Å²) in [6, 6.07) is -0.223. The Kier molecular flexibility index (Phi) is 7.61. The van der Waals surface area contributed by atoms with Crippen molar-refractivity contribution >= 4 is 12.0 Å². The van der Waals surface area contributed by atoms with Crippen molar-refractivity contribution < 1.29 is 19.1 Å². The van der Waals surface area contributed by atoms with Gasteiger partial charge in [0.05, 0.1) is 19.3 Å². The van der Waals surface area contributed by atoms with Crippen molar-refractivity contribution in [2.45, 2.75) is 45.8 Å². The third-order valence-corrected chi connectivity index (χ3v) is 3.17. The van der Waals surface area contributed by atoms with Crippen molar-refractivity contribution in [3.05, 3.63) is 0 Å². The van der Waals surface area contributed by atoms with Gasteiger partial charge < -0.3 is 25.0 Å². The second kappa shape index (κ2) is 8.95. The Morgan fingerprint density at radius 2 is 1.86 bits per heavy atom. The molecule has 0 radical (unpaired) electrons. The fourth-order valence-corrected chi connectivity index (χ4v) is 2.06. The number of alkyl carbamates (subject to hydrolysis) is 1. The van der Waals surface area contributed by atoms with E-state index in [2.05, 4.69) is 10.6 Å². The molecule has 7 nitrogen and oxygen atoms in total. The quantitative estimate of drug-likeness (QED) is 0.707. The lowest BCUT2D eigenvalue weighted by molar-refractivity contribution is -0.137. The van der Waals surface area contributed by atoms with E-state index in [-0.39, 0.29) is 11.9 Å². The first-order valence-corrected chi connectivity index (χ1v) is 7.86. The highest BCUT2D eigenvalue weighted by atomic mass is 16.6. The van der Waals surface area contributed by atoms with Crippen LogP contribution in [0.3, 0.4) is 0 Å². The fourth-order valence-electron chi connectivity index (χ4n) is 2.06. The van der Waals surface area contributed by atoms with E-state index >= 15 is 0 Å². The third-order valence-electron chi connectivity index (χ3n) is 3.17. The third kappa shape index (κ3) is 7.61. The van der Waals surface area contributed by atoms with E-state index in [0.717, 1.165) is 6.42 Å². The smallest absolute Gasteiger partial charge is 0.407 e. The van der Waals surface area contributed by atoms with Crippen LogP contribution in [0.1, 0.15) is 34.1 Å². The van der Waals surface area contributed by atoms with Gasteiger partial charge in [-0.2, -0.15) is 0 Å². The van der Waals surface area contributed by atoms with Crippen molar-refractivity contribution in [3.8, 4) is 0 Å². The van der Waals surface area contributed by atoms with Crippen molar-refractivity contribution in [2.24, 2.45) is 0 Å². The van der Waals surface area contributed by atoms with Crippen LogP contribution in [0.4, 0.5) is 4.79 Å². The first-order valence-electron chi connectivity index (χ1n) is 7.86. The monoisotopic (exact) mass is 315 g/mol. The molecule has 1 aliphatic heterocycles. The topological polar surface area (TPSA) is 79.9 Å². The number of ether oxygens (including phenoxy) is 2. The van der Waals surface area contributed by atoms with E-state index in [1.165, 1.54) is 0 Å². The van der Waals surface area contributed by atoms with Crippen molar-refractivity contribution in [1.82, 2.24) is 15.5 Å². The van der Waals surface area contributed by atoms with Gasteiger partial charge in [-0.3, -0.25) is 4.79 Å². The Labute approximate surface area is 132 Å². The molecule has 1 fully saturated rings. The molecule has 1 unspecified atom stereocenters. The fraction of sp³-hybridized carbons (Fsp3) is 0.867. The Bertz CT molecular complexity index is 362. The maximum atomic E-state index is 12.1. The Hall–Kier alpha value is -1.34. The van der Waals surface area contributed by atoms with E-state index in [1.807, 2.05) is 32.6 Å². The normalized spacial score (nSPS) is 17.0. The van der Waals surface area contributed by atoms with Crippen LogP contribution in [0.2, 0.25) is 0 Å². The summed E-state index contributed by atoms with van der Waals surface area (Å²) in [4.78, 5) is 25.4. The van der Waals surface area contributed by atoms with E-state index < -0.39 is 11.7 Å². The van der Waals surface area contributed by atoms with Crippen LogP contribution in [-0.4, -0.2) is 67.9 Å². The number of hydrogen-bond acceptors (Lipinski definition) is 5. The van der Waals surface area contributed by atoms with Crippen LogP contribution >= 0.6 is 0 Å². The molecule has 2 amide bonds. The largest absolute Gasteiger partial charge is 0.444 e. The average molecular weight is 315 g/mol. The number of hydrogen-bond donors (Lipinski definition) is 2. The van der Waals surface area contributed by atoms with Gasteiger partial charge >= 0.3 is 6.09 Å². The highest BCUT2D eigenvalue weighted by molar-refractivity contribution is 5.81. The Balaban J connectivity index is 2.10. The molecule has 2 N–H and O–H groups in total. The molecule has 0 aromatic carbocycles. The molecule has 1 saturated heterocycles. The second-order valence-electron chi connectivity index (χ2n) is 6.40. The lowest BCUT2D eigenvalue weighted by Crippen LogP contribution is -2.49. The zero-order valence-corrected chi connectivity index (χ0v) is 14.1. The summed E-state index contributed by atoms with van der Waals surface area (Å²) in [6.45, 7) is 11.0. The van der Waals surface area contributed by atoms with E-state index in [9.17, 15) is 9.59 Å². The minimum absolute atomic E-state index is 0.100. The first kappa shape index (κ1) is 18.7. The number of carbonyl (C=O) groups is 2. The molecule has 0 saturated carbocycles. The average Bonchev–Trinajstić information content (AvgIpc) is 2.45. The molecule has 22 heavy (non-hydrogen) atoms. The predicted molar refractivity (Wildman–Crippen MR) is 83.7 cm³/mol. The van der Waals surface area contributed by atoms with E-state index in [4.69, 9.17) is 9.47 Å². The van der Waals surface area contributed by atoms with Crippen molar-refractivity contribution in [1.29, 1.82) is 0 Å². The number of morpholine rings is 1. The van der Waals surface area contributed by atoms with Crippen LogP contribution in [0.25, 0.3) is 0 Å². The highest BCUT2D eigenvalue weighted by Gasteiger charge is 2.21. The lowest BCUT2D eigenvalue weighted by atomic mass is 10.2. The number of nitrogens with zero attached hydrogens (tertiary/aromatic N) is 1. The molecule has 7 heteroatoms. The second-order valence-corrected chi connectivity index (χ2v) is 6.40. The molecule has 128 valence electrons.